The second-order valence-corrected chi connectivity index (χ2v) is 7.91. The molecular formula is C17H17ClN2O3S. The van der Waals surface area contributed by atoms with Crippen LogP contribution in [0.1, 0.15) is 33.9 Å². The highest BCUT2D eigenvalue weighted by Crippen LogP contribution is 2.31. The maximum Gasteiger partial charge on any atom is 0.253 e. The van der Waals surface area contributed by atoms with Gasteiger partial charge in [0, 0.05) is 0 Å². The molecule has 3 rings (SSSR count). The number of amides is 1. The molecule has 0 saturated heterocycles. The molecule has 1 amide bonds. The third-order valence-electron chi connectivity index (χ3n) is 4.20. The van der Waals surface area contributed by atoms with E-state index in [1.165, 1.54) is 30.8 Å². The van der Waals surface area contributed by atoms with Crippen molar-refractivity contribution < 1.29 is 13.2 Å². The van der Waals surface area contributed by atoms with Gasteiger partial charge in [0.15, 0.2) is 0 Å². The molecule has 0 fully saturated rings. The monoisotopic (exact) mass is 364 g/mol. The highest BCUT2D eigenvalue weighted by atomic mass is 35.5. The molecule has 0 aromatic heterocycles. The van der Waals surface area contributed by atoms with Crippen LogP contribution < -0.4 is 10.0 Å². The number of carbonyl (C=O) groups is 1. The number of rotatable bonds is 4. The van der Waals surface area contributed by atoms with Gasteiger partial charge in [-0.25, -0.2) is 13.1 Å². The van der Waals surface area contributed by atoms with Crippen molar-refractivity contribution in [2.24, 2.45) is 0 Å². The van der Waals surface area contributed by atoms with Gasteiger partial charge >= 0.3 is 0 Å². The van der Waals surface area contributed by atoms with Crippen LogP contribution in [0, 0.1) is 0 Å². The largest absolute Gasteiger partial charge is 0.345 e. The lowest BCUT2D eigenvalue weighted by Crippen LogP contribution is -2.28. The van der Waals surface area contributed by atoms with Crippen molar-refractivity contribution in [1.29, 1.82) is 0 Å². The molecule has 24 heavy (non-hydrogen) atoms. The molecule has 0 heterocycles. The fraction of sp³-hybridized carbons (Fsp3) is 0.235. The molecule has 1 atom stereocenters. The highest BCUT2D eigenvalue weighted by Gasteiger charge is 2.25. The SMILES string of the molecule is CNS(=O)(=O)c1ccc(Cl)c(C(=O)NC2CCc3ccccc32)c1. The predicted octanol–water partition coefficient (Wildman–Crippen LogP) is 2.67. The Balaban J connectivity index is 1.87. The van der Waals surface area contributed by atoms with Crippen LogP contribution in [-0.2, 0) is 16.4 Å². The van der Waals surface area contributed by atoms with Gasteiger partial charge in [-0.3, -0.25) is 4.79 Å². The summed E-state index contributed by atoms with van der Waals surface area (Å²) < 4.78 is 26.0. The molecule has 1 aliphatic carbocycles. The van der Waals surface area contributed by atoms with Crippen LogP contribution in [0.3, 0.4) is 0 Å². The van der Waals surface area contributed by atoms with Crippen molar-refractivity contribution in [2.45, 2.75) is 23.8 Å². The molecule has 5 nitrogen and oxygen atoms in total. The first-order valence-corrected chi connectivity index (χ1v) is 9.40. The Labute approximate surface area is 146 Å². The number of nitrogens with one attached hydrogen (secondary N) is 2. The zero-order chi connectivity index (χ0) is 17.3. The van der Waals surface area contributed by atoms with E-state index in [1.807, 2.05) is 18.2 Å². The summed E-state index contributed by atoms with van der Waals surface area (Å²) in [5, 5.41) is 3.17. The minimum Gasteiger partial charge on any atom is -0.345 e. The van der Waals surface area contributed by atoms with E-state index >= 15 is 0 Å². The van der Waals surface area contributed by atoms with Crippen molar-refractivity contribution in [3.05, 3.63) is 64.2 Å². The van der Waals surface area contributed by atoms with E-state index in [-0.39, 0.29) is 27.4 Å². The molecule has 2 aromatic carbocycles. The lowest BCUT2D eigenvalue weighted by molar-refractivity contribution is 0.0936. The first-order valence-electron chi connectivity index (χ1n) is 7.54. The number of carbonyl (C=O) groups excluding carboxylic acids is 1. The fourth-order valence-electron chi connectivity index (χ4n) is 2.91. The highest BCUT2D eigenvalue weighted by molar-refractivity contribution is 7.89. The topological polar surface area (TPSA) is 75.3 Å². The van der Waals surface area contributed by atoms with Crippen LogP contribution in [0.5, 0.6) is 0 Å². The average molecular weight is 365 g/mol. The Morgan fingerprint density at radius 1 is 1.21 bits per heavy atom. The molecule has 1 aliphatic rings. The molecule has 0 spiro atoms. The Morgan fingerprint density at radius 2 is 1.96 bits per heavy atom. The van der Waals surface area contributed by atoms with E-state index in [1.54, 1.807) is 0 Å². The molecule has 1 unspecified atom stereocenters. The summed E-state index contributed by atoms with van der Waals surface area (Å²) in [4.78, 5) is 12.6. The smallest absolute Gasteiger partial charge is 0.253 e. The standard InChI is InChI=1S/C17H17ClN2O3S/c1-19-24(22,23)12-7-8-15(18)14(10-12)17(21)20-16-9-6-11-4-2-3-5-13(11)16/h2-5,7-8,10,16,19H,6,9H2,1H3,(H,20,21). The molecular weight excluding hydrogens is 348 g/mol. The second kappa shape index (κ2) is 6.55. The first-order chi connectivity index (χ1) is 11.4. The molecule has 7 heteroatoms. The van der Waals surface area contributed by atoms with Gasteiger partial charge in [0.2, 0.25) is 10.0 Å². The van der Waals surface area contributed by atoms with Crippen LogP contribution in [0.4, 0.5) is 0 Å². The van der Waals surface area contributed by atoms with E-state index in [4.69, 9.17) is 11.6 Å². The first kappa shape index (κ1) is 17.0. The van der Waals surface area contributed by atoms with Crippen molar-refractivity contribution in [2.75, 3.05) is 7.05 Å². The zero-order valence-electron chi connectivity index (χ0n) is 13.0. The van der Waals surface area contributed by atoms with E-state index in [0.717, 1.165) is 18.4 Å². The maximum absolute atomic E-state index is 12.6. The molecule has 126 valence electrons. The van der Waals surface area contributed by atoms with Crippen LogP contribution in [-0.4, -0.2) is 21.4 Å². The summed E-state index contributed by atoms with van der Waals surface area (Å²) in [5.74, 6) is -0.380. The number of sulfonamides is 1. The summed E-state index contributed by atoms with van der Waals surface area (Å²) in [6.07, 6.45) is 1.72. The van der Waals surface area contributed by atoms with Gasteiger partial charge in [-0.15, -0.1) is 0 Å². The Hall–Kier alpha value is -1.89. The van der Waals surface area contributed by atoms with E-state index < -0.39 is 10.0 Å². The predicted molar refractivity (Wildman–Crippen MR) is 92.7 cm³/mol. The zero-order valence-corrected chi connectivity index (χ0v) is 14.6. The summed E-state index contributed by atoms with van der Waals surface area (Å²) in [5.41, 5.74) is 2.47. The number of halogens is 1. The van der Waals surface area contributed by atoms with Crippen molar-refractivity contribution in [3.8, 4) is 0 Å². The average Bonchev–Trinajstić information content (AvgIpc) is 2.98. The normalized spacial score (nSPS) is 16.7. The van der Waals surface area contributed by atoms with Gasteiger partial charge in [-0.2, -0.15) is 0 Å². The molecule has 2 aromatic rings. The number of aryl methyl sites for hydroxylation is 1. The summed E-state index contributed by atoms with van der Waals surface area (Å²) in [7, 11) is -2.32. The van der Waals surface area contributed by atoms with Crippen molar-refractivity contribution in [1.82, 2.24) is 10.0 Å². The van der Waals surface area contributed by atoms with Crippen LogP contribution in [0.2, 0.25) is 5.02 Å². The quantitative estimate of drug-likeness (QED) is 0.875. The summed E-state index contributed by atoms with van der Waals surface area (Å²) in [6.45, 7) is 0. The van der Waals surface area contributed by atoms with Gasteiger partial charge < -0.3 is 5.32 Å². The van der Waals surface area contributed by atoms with Gasteiger partial charge in [-0.05, 0) is 49.2 Å². The van der Waals surface area contributed by atoms with E-state index in [0.29, 0.717) is 0 Å². The Kier molecular flexibility index (Phi) is 4.62. The molecule has 2 N–H and O–H groups in total. The number of hydrogen-bond donors (Lipinski definition) is 2. The second-order valence-electron chi connectivity index (χ2n) is 5.61. The Bertz CT molecular complexity index is 896. The third-order valence-corrected chi connectivity index (χ3v) is 5.94. The van der Waals surface area contributed by atoms with Crippen LogP contribution in [0.25, 0.3) is 0 Å². The van der Waals surface area contributed by atoms with Crippen molar-refractivity contribution >= 4 is 27.5 Å². The minimum atomic E-state index is -3.64. The molecule has 0 aliphatic heterocycles. The number of benzene rings is 2. The third kappa shape index (κ3) is 3.17. The van der Waals surface area contributed by atoms with Crippen LogP contribution in [0.15, 0.2) is 47.4 Å². The fourth-order valence-corrected chi connectivity index (χ4v) is 3.87. The Morgan fingerprint density at radius 3 is 2.71 bits per heavy atom. The molecule has 0 radical (unpaired) electrons. The van der Waals surface area contributed by atoms with Crippen molar-refractivity contribution in [3.63, 3.8) is 0 Å². The number of hydrogen-bond acceptors (Lipinski definition) is 3. The minimum absolute atomic E-state index is 0.00590. The van der Waals surface area contributed by atoms with Gasteiger partial charge in [0.25, 0.3) is 5.91 Å². The summed E-state index contributed by atoms with van der Waals surface area (Å²) >= 11 is 6.09. The molecule has 0 saturated carbocycles. The van der Waals surface area contributed by atoms with Gasteiger partial charge in [0.05, 0.1) is 21.5 Å². The lowest BCUT2D eigenvalue weighted by atomic mass is 10.1. The molecule has 0 bridgehead atoms. The van der Waals surface area contributed by atoms with E-state index in [2.05, 4.69) is 16.1 Å². The lowest BCUT2D eigenvalue weighted by Gasteiger charge is -2.15. The maximum atomic E-state index is 12.6. The summed E-state index contributed by atoms with van der Waals surface area (Å²) in [6, 6.07) is 12.0. The van der Waals surface area contributed by atoms with Gasteiger partial charge in [0.1, 0.15) is 0 Å². The number of fused-ring (bicyclic) bond motifs is 1. The van der Waals surface area contributed by atoms with Gasteiger partial charge in [-0.1, -0.05) is 35.9 Å². The van der Waals surface area contributed by atoms with Crippen LogP contribution >= 0.6 is 11.6 Å². The van der Waals surface area contributed by atoms with E-state index in [9.17, 15) is 13.2 Å².